The summed E-state index contributed by atoms with van der Waals surface area (Å²) in [5.41, 5.74) is 0. The van der Waals surface area contributed by atoms with Crippen molar-refractivity contribution in [2.75, 3.05) is 26.2 Å². The van der Waals surface area contributed by atoms with Gasteiger partial charge < -0.3 is 20.1 Å². The number of hydrogen-bond donors (Lipinski definition) is 2. The highest BCUT2D eigenvalue weighted by atomic mass is 16.5. The molecular weight excluding hydrogens is 224 g/mol. The first-order valence-electron chi connectivity index (χ1n) is 6.01. The molecule has 2 rings (SSSR count). The van der Waals surface area contributed by atoms with Crippen molar-refractivity contribution in [1.29, 1.82) is 0 Å². The molecule has 17 heavy (non-hydrogen) atoms. The molecule has 2 saturated heterocycles. The maximum absolute atomic E-state index is 11.6. The number of rotatable bonds is 4. The highest BCUT2D eigenvalue weighted by molar-refractivity contribution is 5.75. The van der Waals surface area contributed by atoms with Crippen LogP contribution in [-0.2, 0) is 9.53 Å². The van der Waals surface area contributed by atoms with Crippen LogP contribution in [0.2, 0.25) is 0 Å². The molecule has 0 bridgehead atoms. The van der Waals surface area contributed by atoms with Gasteiger partial charge in [0, 0.05) is 32.2 Å². The van der Waals surface area contributed by atoms with Gasteiger partial charge in [-0.15, -0.1) is 0 Å². The smallest absolute Gasteiger partial charge is 0.317 e. The number of nitrogens with zero attached hydrogens (tertiary/aromatic N) is 1. The van der Waals surface area contributed by atoms with Crippen LogP contribution in [0.15, 0.2) is 0 Å². The molecule has 2 N–H and O–H groups in total. The Morgan fingerprint density at radius 3 is 3.06 bits per heavy atom. The number of urea groups is 1. The van der Waals surface area contributed by atoms with E-state index in [2.05, 4.69) is 5.32 Å². The van der Waals surface area contributed by atoms with Crippen molar-refractivity contribution in [2.24, 2.45) is 5.92 Å². The molecule has 2 unspecified atom stereocenters. The number of carbonyl (C=O) groups excluding carboxylic acids is 1. The molecule has 0 radical (unpaired) electrons. The van der Waals surface area contributed by atoms with Crippen LogP contribution in [0, 0.1) is 5.92 Å². The summed E-state index contributed by atoms with van der Waals surface area (Å²) in [4.78, 5) is 23.9. The van der Waals surface area contributed by atoms with Crippen molar-refractivity contribution in [3.8, 4) is 0 Å². The summed E-state index contributed by atoms with van der Waals surface area (Å²) in [5.74, 6) is -0.824. The molecule has 2 fully saturated rings. The van der Waals surface area contributed by atoms with Crippen molar-refractivity contribution in [1.82, 2.24) is 10.2 Å². The zero-order chi connectivity index (χ0) is 12.3. The molecule has 0 spiro atoms. The van der Waals surface area contributed by atoms with Crippen LogP contribution in [0.5, 0.6) is 0 Å². The fourth-order valence-corrected chi connectivity index (χ4v) is 2.38. The number of carbonyl (C=O) groups is 2. The zero-order valence-corrected chi connectivity index (χ0v) is 9.72. The molecular formula is C11H18N2O4. The lowest BCUT2D eigenvalue weighted by atomic mass is 10.0. The quantitative estimate of drug-likeness (QED) is 0.742. The number of amides is 2. The third kappa shape index (κ3) is 3.33. The second-order valence-electron chi connectivity index (χ2n) is 4.69. The van der Waals surface area contributed by atoms with Crippen molar-refractivity contribution < 1.29 is 19.4 Å². The fourth-order valence-electron chi connectivity index (χ4n) is 2.38. The van der Waals surface area contributed by atoms with Crippen molar-refractivity contribution in [3.05, 3.63) is 0 Å². The molecule has 0 aromatic carbocycles. The number of carboxylic acids is 1. The lowest BCUT2D eigenvalue weighted by Crippen LogP contribution is -2.53. The highest BCUT2D eigenvalue weighted by Crippen LogP contribution is 2.17. The van der Waals surface area contributed by atoms with Crippen molar-refractivity contribution in [2.45, 2.75) is 25.4 Å². The molecule has 2 aliphatic heterocycles. The molecule has 0 saturated carbocycles. The van der Waals surface area contributed by atoms with E-state index in [0.29, 0.717) is 19.6 Å². The summed E-state index contributed by atoms with van der Waals surface area (Å²) >= 11 is 0. The number of carboxylic acid groups (broad SMARTS) is 1. The SMILES string of the molecule is O=C(O)CC1CNC(=O)N(CC2CCCO2)C1. The van der Waals surface area contributed by atoms with E-state index in [4.69, 9.17) is 9.84 Å². The Labute approximate surface area is 99.9 Å². The van der Waals surface area contributed by atoms with E-state index in [1.807, 2.05) is 0 Å². The topological polar surface area (TPSA) is 78.9 Å². The fraction of sp³-hybridized carbons (Fsp3) is 0.818. The zero-order valence-electron chi connectivity index (χ0n) is 9.72. The van der Waals surface area contributed by atoms with Gasteiger partial charge in [0.05, 0.1) is 12.5 Å². The van der Waals surface area contributed by atoms with E-state index >= 15 is 0 Å². The van der Waals surface area contributed by atoms with Crippen molar-refractivity contribution >= 4 is 12.0 Å². The normalized spacial score (nSPS) is 29.2. The van der Waals surface area contributed by atoms with Crippen molar-refractivity contribution in [3.63, 3.8) is 0 Å². The predicted octanol–water partition coefficient (Wildman–Crippen LogP) is 0.281. The van der Waals surface area contributed by atoms with E-state index in [-0.39, 0.29) is 24.5 Å². The Bertz CT molecular complexity index is 302. The Hall–Kier alpha value is -1.30. The third-order valence-corrected chi connectivity index (χ3v) is 3.22. The molecule has 6 nitrogen and oxygen atoms in total. The van der Waals surface area contributed by atoms with Crippen LogP contribution < -0.4 is 5.32 Å². The molecule has 2 heterocycles. The van der Waals surface area contributed by atoms with Gasteiger partial charge in [-0.3, -0.25) is 4.79 Å². The maximum Gasteiger partial charge on any atom is 0.317 e. The first-order valence-corrected chi connectivity index (χ1v) is 6.01. The minimum atomic E-state index is -0.816. The second-order valence-corrected chi connectivity index (χ2v) is 4.69. The summed E-state index contributed by atoms with van der Waals surface area (Å²) in [6.45, 7) is 2.30. The van der Waals surface area contributed by atoms with E-state index in [0.717, 1.165) is 19.4 Å². The molecule has 2 amide bonds. The summed E-state index contributed by atoms with van der Waals surface area (Å²) in [6.07, 6.45) is 2.23. The largest absolute Gasteiger partial charge is 0.481 e. The van der Waals surface area contributed by atoms with Gasteiger partial charge in [0.15, 0.2) is 0 Å². The lowest BCUT2D eigenvalue weighted by molar-refractivity contribution is -0.138. The van der Waals surface area contributed by atoms with Gasteiger partial charge in [0.1, 0.15) is 0 Å². The Kier molecular flexibility index (Phi) is 3.83. The molecule has 0 aliphatic carbocycles. The van der Waals surface area contributed by atoms with Gasteiger partial charge in [0.2, 0.25) is 0 Å². The monoisotopic (exact) mass is 242 g/mol. The van der Waals surface area contributed by atoms with Gasteiger partial charge in [-0.25, -0.2) is 4.79 Å². The van der Waals surface area contributed by atoms with E-state index in [1.165, 1.54) is 0 Å². The Morgan fingerprint density at radius 2 is 2.41 bits per heavy atom. The molecule has 96 valence electrons. The predicted molar refractivity (Wildman–Crippen MR) is 59.7 cm³/mol. The van der Waals surface area contributed by atoms with Crippen LogP contribution >= 0.6 is 0 Å². The van der Waals surface area contributed by atoms with Gasteiger partial charge in [0.25, 0.3) is 0 Å². The highest BCUT2D eigenvalue weighted by Gasteiger charge is 2.29. The van der Waals surface area contributed by atoms with Gasteiger partial charge >= 0.3 is 12.0 Å². The van der Waals surface area contributed by atoms with Gasteiger partial charge in [-0.1, -0.05) is 0 Å². The molecule has 0 aromatic heterocycles. The Morgan fingerprint density at radius 1 is 1.59 bits per heavy atom. The number of aliphatic carboxylic acids is 1. The van der Waals surface area contributed by atoms with Crippen LogP contribution in [0.3, 0.4) is 0 Å². The van der Waals surface area contributed by atoms with Gasteiger partial charge in [-0.05, 0) is 12.8 Å². The first-order chi connectivity index (χ1) is 8.15. The summed E-state index contributed by atoms with van der Waals surface area (Å²) in [6, 6.07) is -0.109. The minimum absolute atomic E-state index is 0.00777. The molecule has 2 atom stereocenters. The summed E-state index contributed by atoms with van der Waals surface area (Å²) in [7, 11) is 0. The Balaban J connectivity index is 1.85. The maximum atomic E-state index is 11.6. The van der Waals surface area contributed by atoms with Crippen LogP contribution in [0.25, 0.3) is 0 Å². The second kappa shape index (κ2) is 5.35. The minimum Gasteiger partial charge on any atom is -0.481 e. The molecule has 2 aliphatic rings. The van der Waals surface area contributed by atoms with Gasteiger partial charge in [-0.2, -0.15) is 0 Å². The standard InChI is InChI=1S/C11H18N2O4/c14-10(15)4-8-5-12-11(16)13(6-8)7-9-2-1-3-17-9/h8-9H,1-7H2,(H,12,16)(H,14,15). The molecule has 0 aromatic rings. The van der Waals surface area contributed by atoms with Crippen LogP contribution in [0.4, 0.5) is 4.79 Å². The average Bonchev–Trinajstić information content (AvgIpc) is 2.75. The first kappa shape index (κ1) is 12.2. The number of nitrogens with one attached hydrogen (secondary N) is 1. The lowest BCUT2D eigenvalue weighted by Gasteiger charge is -2.33. The number of ether oxygens (including phenoxy) is 1. The van der Waals surface area contributed by atoms with Crippen LogP contribution in [-0.4, -0.2) is 54.4 Å². The molecule has 6 heteroatoms. The third-order valence-electron chi connectivity index (χ3n) is 3.22. The summed E-state index contributed by atoms with van der Waals surface area (Å²) < 4.78 is 5.48. The van der Waals surface area contributed by atoms with E-state index in [1.54, 1.807) is 4.90 Å². The number of hydrogen-bond acceptors (Lipinski definition) is 3. The van der Waals surface area contributed by atoms with Crippen LogP contribution in [0.1, 0.15) is 19.3 Å². The summed E-state index contributed by atoms with van der Waals surface area (Å²) in [5, 5.41) is 11.5. The van der Waals surface area contributed by atoms with E-state index < -0.39 is 5.97 Å². The average molecular weight is 242 g/mol. The van der Waals surface area contributed by atoms with E-state index in [9.17, 15) is 9.59 Å².